The second-order valence-corrected chi connectivity index (χ2v) is 5.42. The van der Waals surface area contributed by atoms with E-state index in [2.05, 4.69) is 17.2 Å². The number of aromatic nitrogens is 1. The molecule has 0 bridgehead atoms. The zero-order valence-electron chi connectivity index (χ0n) is 11.3. The predicted octanol–water partition coefficient (Wildman–Crippen LogP) is 3.33. The number of rotatable bonds is 7. The molecule has 2 rings (SSSR count). The molecule has 0 amide bonds. The summed E-state index contributed by atoms with van der Waals surface area (Å²) in [7, 11) is 0. The van der Waals surface area contributed by atoms with Gasteiger partial charge in [0.1, 0.15) is 0 Å². The van der Waals surface area contributed by atoms with Gasteiger partial charge in [0.15, 0.2) is 0 Å². The first-order valence-corrected chi connectivity index (χ1v) is 7.44. The Morgan fingerprint density at radius 2 is 2.25 bits per heavy atom. The smallest absolute Gasteiger partial charge is 0.272 e. The molecule has 0 saturated carbocycles. The lowest BCUT2D eigenvalue weighted by Gasteiger charge is -2.16. The summed E-state index contributed by atoms with van der Waals surface area (Å²) in [6, 6.07) is 6.98. The standard InChI is InChI=1S/C14H17N3O2S/c1-2-7-16-12(14-9-15-10-20-14)8-11-5-3-4-6-13(11)17(18)19/h3-6,9-10,12,16H,2,7-8H2,1H3. The van der Waals surface area contributed by atoms with Crippen LogP contribution >= 0.6 is 11.3 Å². The number of thiazole rings is 1. The first-order chi connectivity index (χ1) is 9.72. The normalized spacial score (nSPS) is 12.2. The summed E-state index contributed by atoms with van der Waals surface area (Å²) < 4.78 is 0. The molecular weight excluding hydrogens is 274 g/mol. The highest BCUT2D eigenvalue weighted by Gasteiger charge is 2.19. The third-order valence-corrected chi connectivity index (χ3v) is 3.94. The second kappa shape index (κ2) is 7.12. The van der Waals surface area contributed by atoms with E-state index in [1.54, 1.807) is 29.0 Å². The van der Waals surface area contributed by atoms with Gasteiger partial charge < -0.3 is 5.32 Å². The molecule has 1 N–H and O–H groups in total. The summed E-state index contributed by atoms with van der Waals surface area (Å²) in [4.78, 5) is 16.0. The van der Waals surface area contributed by atoms with Crippen LogP contribution in [0.15, 0.2) is 36.0 Å². The maximum Gasteiger partial charge on any atom is 0.272 e. The van der Waals surface area contributed by atoms with Crippen molar-refractivity contribution in [1.82, 2.24) is 10.3 Å². The highest BCUT2D eigenvalue weighted by molar-refractivity contribution is 7.09. The van der Waals surface area contributed by atoms with E-state index in [-0.39, 0.29) is 16.7 Å². The minimum absolute atomic E-state index is 0.0727. The van der Waals surface area contributed by atoms with Crippen LogP contribution < -0.4 is 5.32 Å². The minimum Gasteiger partial charge on any atom is -0.309 e. The van der Waals surface area contributed by atoms with Gasteiger partial charge in [-0.15, -0.1) is 11.3 Å². The number of nitrogens with one attached hydrogen (secondary N) is 1. The zero-order chi connectivity index (χ0) is 14.4. The van der Waals surface area contributed by atoms with E-state index in [4.69, 9.17) is 0 Å². The molecular formula is C14H17N3O2S. The van der Waals surface area contributed by atoms with E-state index >= 15 is 0 Å². The maximum absolute atomic E-state index is 11.1. The molecule has 5 nitrogen and oxygen atoms in total. The summed E-state index contributed by atoms with van der Waals surface area (Å²) in [5.74, 6) is 0. The van der Waals surface area contributed by atoms with Crippen molar-refractivity contribution in [2.45, 2.75) is 25.8 Å². The number of hydrogen-bond donors (Lipinski definition) is 1. The third-order valence-electron chi connectivity index (χ3n) is 3.05. The van der Waals surface area contributed by atoms with Gasteiger partial charge in [-0.25, -0.2) is 0 Å². The average molecular weight is 291 g/mol. The number of hydrogen-bond acceptors (Lipinski definition) is 5. The fraction of sp³-hybridized carbons (Fsp3) is 0.357. The zero-order valence-corrected chi connectivity index (χ0v) is 12.1. The third kappa shape index (κ3) is 3.61. The quantitative estimate of drug-likeness (QED) is 0.627. The van der Waals surface area contributed by atoms with Gasteiger partial charge in [-0.2, -0.15) is 0 Å². The molecule has 106 valence electrons. The first-order valence-electron chi connectivity index (χ1n) is 6.56. The lowest BCUT2D eigenvalue weighted by molar-refractivity contribution is -0.385. The van der Waals surface area contributed by atoms with Gasteiger partial charge >= 0.3 is 0 Å². The topological polar surface area (TPSA) is 68.1 Å². The molecule has 1 heterocycles. The fourth-order valence-electron chi connectivity index (χ4n) is 2.07. The van der Waals surface area contributed by atoms with Crippen LogP contribution in [0.25, 0.3) is 0 Å². The molecule has 1 aromatic carbocycles. The van der Waals surface area contributed by atoms with Crippen LogP contribution in [0.2, 0.25) is 0 Å². The lowest BCUT2D eigenvalue weighted by Crippen LogP contribution is -2.23. The molecule has 0 aliphatic heterocycles. The summed E-state index contributed by atoms with van der Waals surface area (Å²) in [6.07, 6.45) is 3.44. The molecule has 6 heteroatoms. The van der Waals surface area contributed by atoms with E-state index in [0.29, 0.717) is 6.42 Å². The molecule has 0 aliphatic carbocycles. The van der Waals surface area contributed by atoms with Crippen molar-refractivity contribution in [3.05, 3.63) is 56.5 Å². The minimum atomic E-state index is -0.321. The Bertz CT molecular complexity index is 557. The summed E-state index contributed by atoms with van der Waals surface area (Å²) in [6.45, 7) is 2.98. The largest absolute Gasteiger partial charge is 0.309 e. The molecule has 0 saturated heterocycles. The highest BCUT2D eigenvalue weighted by atomic mass is 32.1. The number of nitro groups is 1. The van der Waals surface area contributed by atoms with E-state index in [9.17, 15) is 10.1 Å². The average Bonchev–Trinajstić information content (AvgIpc) is 2.97. The Labute approximate surface area is 121 Å². The molecule has 20 heavy (non-hydrogen) atoms. The Hall–Kier alpha value is -1.79. The van der Waals surface area contributed by atoms with E-state index < -0.39 is 0 Å². The van der Waals surface area contributed by atoms with Crippen LogP contribution in [-0.4, -0.2) is 16.5 Å². The molecule has 0 aliphatic rings. The second-order valence-electron chi connectivity index (χ2n) is 4.50. The number of nitro benzene ring substituents is 1. The van der Waals surface area contributed by atoms with Crippen LogP contribution in [-0.2, 0) is 6.42 Å². The van der Waals surface area contributed by atoms with Crippen molar-refractivity contribution < 1.29 is 4.92 Å². The monoisotopic (exact) mass is 291 g/mol. The Balaban J connectivity index is 2.21. The molecule has 1 unspecified atom stereocenters. The molecule has 1 aromatic heterocycles. The Morgan fingerprint density at radius 3 is 2.90 bits per heavy atom. The SMILES string of the molecule is CCCNC(Cc1ccccc1[N+](=O)[O-])c1cncs1. The van der Waals surface area contributed by atoms with Gasteiger partial charge in [-0.05, 0) is 19.4 Å². The molecule has 0 fully saturated rings. The van der Waals surface area contributed by atoms with Crippen LogP contribution in [0, 0.1) is 10.1 Å². The predicted molar refractivity (Wildman–Crippen MR) is 79.9 cm³/mol. The molecule has 0 radical (unpaired) electrons. The van der Waals surface area contributed by atoms with Crippen LogP contribution in [0.5, 0.6) is 0 Å². The first kappa shape index (κ1) is 14.6. The van der Waals surface area contributed by atoms with Crippen LogP contribution in [0.1, 0.15) is 29.8 Å². The van der Waals surface area contributed by atoms with Gasteiger partial charge in [0, 0.05) is 28.7 Å². The summed E-state index contributed by atoms with van der Waals surface area (Å²) in [5, 5.41) is 14.5. The summed E-state index contributed by atoms with van der Waals surface area (Å²) in [5.41, 5.74) is 2.72. The van der Waals surface area contributed by atoms with Crippen molar-refractivity contribution in [3.8, 4) is 0 Å². The van der Waals surface area contributed by atoms with Gasteiger partial charge in [-0.3, -0.25) is 15.1 Å². The Morgan fingerprint density at radius 1 is 1.45 bits per heavy atom. The van der Waals surface area contributed by atoms with Crippen LogP contribution in [0.3, 0.4) is 0 Å². The number of para-hydroxylation sites is 1. The van der Waals surface area contributed by atoms with Gasteiger partial charge in [0.05, 0.1) is 10.4 Å². The highest BCUT2D eigenvalue weighted by Crippen LogP contribution is 2.26. The van der Waals surface area contributed by atoms with Crippen molar-refractivity contribution in [2.75, 3.05) is 6.54 Å². The fourth-order valence-corrected chi connectivity index (χ4v) is 2.77. The van der Waals surface area contributed by atoms with E-state index in [0.717, 1.165) is 23.4 Å². The van der Waals surface area contributed by atoms with Gasteiger partial charge in [0.2, 0.25) is 0 Å². The number of benzene rings is 1. The molecule has 0 spiro atoms. The lowest BCUT2D eigenvalue weighted by atomic mass is 10.0. The van der Waals surface area contributed by atoms with Gasteiger partial charge in [-0.1, -0.05) is 25.1 Å². The van der Waals surface area contributed by atoms with Crippen molar-refractivity contribution in [1.29, 1.82) is 0 Å². The molecule has 1 atom stereocenters. The molecule has 2 aromatic rings. The Kier molecular flexibility index (Phi) is 5.20. The van der Waals surface area contributed by atoms with Crippen molar-refractivity contribution in [2.24, 2.45) is 0 Å². The van der Waals surface area contributed by atoms with E-state index in [1.165, 1.54) is 0 Å². The summed E-state index contributed by atoms with van der Waals surface area (Å²) >= 11 is 1.57. The van der Waals surface area contributed by atoms with Crippen molar-refractivity contribution >= 4 is 17.0 Å². The van der Waals surface area contributed by atoms with E-state index in [1.807, 2.05) is 18.3 Å². The van der Waals surface area contributed by atoms with Crippen LogP contribution in [0.4, 0.5) is 5.69 Å². The van der Waals surface area contributed by atoms with Crippen molar-refractivity contribution in [3.63, 3.8) is 0 Å². The number of nitrogens with zero attached hydrogens (tertiary/aromatic N) is 2. The van der Waals surface area contributed by atoms with Gasteiger partial charge in [0.25, 0.3) is 5.69 Å². The maximum atomic E-state index is 11.1.